The molecule has 0 spiro atoms. The predicted octanol–water partition coefficient (Wildman–Crippen LogP) is 2.61. The van der Waals surface area contributed by atoms with E-state index >= 15 is 0 Å². The van der Waals surface area contributed by atoms with Gasteiger partial charge in [-0.25, -0.2) is 0 Å². The molecule has 1 aliphatic heterocycles. The summed E-state index contributed by atoms with van der Waals surface area (Å²) in [4.78, 5) is 10.9. The Bertz CT molecular complexity index is 208. The van der Waals surface area contributed by atoms with Crippen LogP contribution in [-0.4, -0.2) is 35.6 Å². The first kappa shape index (κ1) is 14.4. The van der Waals surface area contributed by atoms with Crippen molar-refractivity contribution in [2.24, 2.45) is 5.41 Å². The van der Waals surface area contributed by atoms with Gasteiger partial charge in [-0.15, -0.1) is 0 Å². The number of hydrogen-bond donors (Lipinski definition) is 1. The van der Waals surface area contributed by atoms with Gasteiger partial charge in [0.1, 0.15) is 0 Å². The van der Waals surface area contributed by atoms with Gasteiger partial charge in [-0.1, -0.05) is 20.8 Å². The Labute approximate surface area is 93.5 Å². The van der Waals surface area contributed by atoms with Crippen LogP contribution in [0.5, 0.6) is 0 Å². The van der Waals surface area contributed by atoms with Crippen LogP contribution in [0.2, 0.25) is 0 Å². The minimum Gasteiger partial charge on any atom is -0.483 e. The van der Waals surface area contributed by atoms with Crippen LogP contribution in [0.4, 0.5) is 0 Å². The van der Waals surface area contributed by atoms with Crippen molar-refractivity contribution in [3.05, 3.63) is 0 Å². The number of carbonyl (C=O) groups is 1. The largest absolute Gasteiger partial charge is 0.483 e. The molecule has 1 saturated carbocycles. The van der Waals surface area contributed by atoms with Gasteiger partial charge in [-0.2, -0.15) is 0 Å². The zero-order valence-corrected chi connectivity index (χ0v) is 10.7. The number of fused-ring (bicyclic) bond motifs is 1. The molecule has 1 aliphatic carbocycles. The SMILES string of the molecule is CC.CN1CCCC2(C)CC12C.O=CO. The molecule has 0 aromatic carbocycles. The van der Waals surface area contributed by atoms with E-state index in [2.05, 4.69) is 25.8 Å². The zero-order valence-electron chi connectivity index (χ0n) is 10.7. The summed E-state index contributed by atoms with van der Waals surface area (Å²) in [5, 5.41) is 6.89. The van der Waals surface area contributed by atoms with E-state index < -0.39 is 0 Å². The summed E-state index contributed by atoms with van der Waals surface area (Å²) in [6.07, 6.45) is 4.28. The van der Waals surface area contributed by atoms with Crippen molar-refractivity contribution in [2.45, 2.75) is 52.5 Å². The highest BCUT2D eigenvalue weighted by molar-refractivity contribution is 5.32. The third kappa shape index (κ3) is 2.71. The van der Waals surface area contributed by atoms with Gasteiger partial charge >= 0.3 is 0 Å². The molecule has 2 aliphatic rings. The predicted molar refractivity (Wildman–Crippen MR) is 63.0 cm³/mol. The highest BCUT2D eigenvalue weighted by Gasteiger charge is 2.63. The molecule has 0 radical (unpaired) electrons. The van der Waals surface area contributed by atoms with Crippen molar-refractivity contribution >= 4 is 6.47 Å². The maximum atomic E-state index is 8.36. The van der Waals surface area contributed by atoms with Crippen LogP contribution in [-0.2, 0) is 4.79 Å². The fraction of sp³-hybridized carbons (Fsp3) is 0.917. The highest BCUT2D eigenvalue weighted by atomic mass is 16.3. The number of nitrogens with zero attached hydrogens (tertiary/aromatic N) is 1. The van der Waals surface area contributed by atoms with Gasteiger partial charge in [0.05, 0.1) is 0 Å². The molecule has 3 heteroatoms. The number of hydrogen-bond acceptors (Lipinski definition) is 2. The first-order valence-electron chi connectivity index (χ1n) is 5.79. The van der Waals surface area contributed by atoms with E-state index in [0.717, 1.165) is 0 Å². The van der Waals surface area contributed by atoms with Crippen LogP contribution in [0, 0.1) is 5.41 Å². The minimum atomic E-state index is -0.250. The van der Waals surface area contributed by atoms with Crippen molar-refractivity contribution in [3.63, 3.8) is 0 Å². The second-order valence-corrected chi connectivity index (χ2v) is 4.64. The van der Waals surface area contributed by atoms with Crippen LogP contribution >= 0.6 is 0 Å². The van der Waals surface area contributed by atoms with Crippen LogP contribution in [0.25, 0.3) is 0 Å². The van der Waals surface area contributed by atoms with Crippen LogP contribution < -0.4 is 0 Å². The maximum Gasteiger partial charge on any atom is 0.290 e. The fourth-order valence-electron chi connectivity index (χ4n) is 2.62. The average molecular weight is 215 g/mol. The third-order valence-corrected chi connectivity index (χ3v) is 3.97. The quantitative estimate of drug-likeness (QED) is 0.631. The summed E-state index contributed by atoms with van der Waals surface area (Å²) in [6.45, 7) is 9.90. The molecule has 1 heterocycles. The summed E-state index contributed by atoms with van der Waals surface area (Å²) in [5.41, 5.74) is 1.26. The topological polar surface area (TPSA) is 40.5 Å². The molecular formula is C12H25NO2. The van der Waals surface area contributed by atoms with Gasteiger partial charge in [-0.3, -0.25) is 4.79 Å². The summed E-state index contributed by atoms with van der Waals surface area (Å²) in [7, 11) is 2.27. The molecular weight excluding hydrogens is 190 g/mol. The van der Waals surface area contributed by atoms with Crippen molar-refractivity contribution in [1.29, 1.82) is 0 Å². The monoisotopic (exact) mass is 215 g/mol. The van der Waals surface area contributed by atoms with E-state index in [1.807, 2.05) is 13.8 Å². The number of piperidine rings is 1. The van der Waals surface area contributed by atoms with E-state index in [4.69, 9.17) is 9.90 Å². The lowest BCUT2D eigenvalue weighted by Crippen LogP contribution is -2.40. The van der Waals surface area contributed by atoms with Gasteiger partial charge in [0.2, 0.25) is 0 Å². The molecule has 2 atom stereocenters. The lowest BCUT2D eigenvalue weighted by Gasteiger charge is -2.34. The Kier molecular flexibility index (Phi) is 5.29. The molecule has 15 heavy (non-hydrogen) atoms. The van der Waals surface area contributed by atoms with Crippen LogP contribution in [0.1, 0.15) is 47.0 Å². The highest BCUT2D eigenvalue weighted by Crippen LogP contribution is 2.63. The fourth-order valence-corrected chi connectivity index (χ4v) is 2.62. The summed E-state index contributed by atoms with van der Waals surface area (Å²) in [5.74, 6) is 0. The van der Waals surface area contributed by atoms with Gasteiger partial charge < -0.3 is 10.0 Å². The molecule has 0 amide bonds. The normalized spacial score (nSPS) is 37.4. The Morgan fingerprint density at radius 3 is 2.13 bits per heavy atom. The van der Waals surface area contributed by atoms with E-state index in [1.54, 1.807) is 0 Å². The Balaban J connectivity index is 0.000000342. The first-order chi connectivity index (χ1) is 7.00. The summed E-state index contributed by atoms with van der Waals surface area (Å²) >= 11 is 0. The van der Waals surface area contributed by atoms with E-state index in [0.29, 0.717) is 11.0 Å². The number of likely N-dealkylation sites (tertiary alicyclic amines) is 1. The van der Waals surface area contributed by atoms with Crippen molar-refractivity contribution in [3.8, 4) is 0 Å². The number of rotatable bonds is 0. The third-order valence-electron chi connectivity index (χ3n) is 3.97. The number of carboxylic acid groups (broad SMARTS) is 1. The molecule has 3 nitrogen and oxygen atoms in total. The zero-order chi connectivity index (χ0) is 12.1. The molecule has 90 valence electrons. The van der Waals surface area contributed by atoms with Crippen molar-refractivity contribution in [2.75, 3.05) is 13.6 Å². The van der Waals surface area contributed by atoms with Gasteiger partial charge in [-0.05, 0) is 45.2 Å². The Morgan fingerprint density at radius 2 is 1.80 bits per heavy atom. The lowest BCUT2D eigenvalue weighted by atomic mass is 9.92. The molecule has 0 aromatic heterocycles. The molecule has 0 bridgehead atoms. The minimum absolute atomic E-state index is 0.250. The molecule has 2 unspecified atom stereocenters. The van der Waals surface area contributed by atoms with Gasteiger partial charge in [0, 0.05) is 5.54 Å². The maximum absolute atomic E-state index is 8.36. The average Bonchev–Trinajstić information content (AvgIpc) is 2.77. The molecule has 1 saturated heterocycles. The summed E-state index contributed by atoms with van der Waals surface area (Å²) in [6, 6.07) is 0. The lowest BCUT2D eigenvalue weighted by molar-refractivity contribution is -0.122. The first-order valence-corrected chi connectivity index (χ1v) is 5.79. The molecule has 2 rings (SSSR count). The van der Waals surface area contributed by atoms with Crippen molar-refractivity contribution < 1.29 is 9.90 Å². The van der Waals surface area contributed by atoms with Crippen molar-refractivity contribution in [1.82, 2.24) is 4.90 Å². The Hall–Kier alpha value is -0.570. The standard InChI is InChI=1S/C9H17N.C2H6.CH2O2/c1-8-5-4-6-10(3)9(8,2)7-8;1-2;2-1-3/h4-7H2,1-3H3;1-2H3;1H,(H,2,3). The molecule has 1 N–H and O–H groups in total. The second kappa shape index (κ2) is 5.50. The van der Waals surface area contributed by atoms with Gasteiger partial charge in [0.15, 0.2) is 0 Å². The molecule has 2 fully saturated rings. The van der Waals surface area contributed by atoms with Gasteiger partial charge in [0.25, 0.3) is 6.47 Å². The molecule has 0 aromatic rings. The second-order valence-electron chi connectivity index (χ2n) is 4.64. The van der Waals surface area contributed by atoms with E-state index in [1.165, 1.54) is 25.8 Å². The summed E-state index contributed by atoms with van der Waals surface area (Å²) < 4.78 is 0. The van der Waals surface area contributed by atoms with E-state index in [-0.39, 0.29) is 6.47 Å². The Morgan fingerprint density at radius 1 is 1.33 bits per heavy atom. The van der Waals surface area contributed by atoms with Crippen LogP contribution in [0.15, 0.2) is 0 Å². The van der Waals surface area contributed by atoms with Crippen LogP contribution in [0.3, 0.4) is 0 Å². The smallest absolute Gasteiger partial charge is 0.290 e. The van der Waals surface area contributed by atoms with E-state index in [9.17, 15) is 0 Å².